The smallest absolute Gasteiger partial charge is 0.229 e. The number of nitrogens with one attached hydrogen (secondary N) is 1. The lowest BCUT2D eigenvalue weighted by atomic mass is 10.0. The molecule has 2 aromatic rings. The summed E-state index contributed by atoms with van der Waals surface area (Å²) in [4.78, 5) is 12.0. The first kappa shape index (κ1) is 14.7. The van der Waals surface area contributed by atoms with Gasteiger partial charge in [0.05, 0.1) is 0 Å². The minimum absolute atomic E-state index is 0.0301. The number of rotatable bonds is 5. The van der Waals surface area contributed by atoms with Crippen molar-refractivity contribution in [1.29, 1.82) is 0 Å². The molecule has 0 spiro atoms. The summed E-state index contributed by atoms with van der Waals surface area (Å²) >= 11 is 1.41. The summed E-state index contributed by atoms with van der Waals surface area (Å²) in [6.45, 7) is 6.08. The van der Waals surface area contributed by atoms with E-state index < -0.39 is 0 Å². The van der Waals surface area contributed by atoms with Gasteiger partial charge in [-0.15, -0.1) is 10.2 Å². The van der Waals surface area contributed by atoms with Crippen molar-refractivity contribution in [3.63, 3.8) is 0 Å². The van der Waals surface area contributed by atoms with Crippen molar-refractivity contribution in [1.82, 2.24) is 10.2 Å². The van der Waals surface area contributed by atoms with Gasteiger partial charge in [-0.05, 0) is 25.3 Å². The molecule has 1 aromatic carbocycles. The summed E-state index contributed by atoms with van der Waals surface area (Å²) in [6.07, 6.45) is 1.68. The van der Waals surface area contributed by atoms with Crippen molar-refractivity contribution in [2.45, 2.75) is 33.6 Å². The zero-order valence-corrected chi connectivity index (χ0v) is 12.8. The summed E-state index contributed by atoms with van der Waals surface area (Å²) in [5.41, 5.74) is 2.22. The third-order valence-electron chi connectivity index (χ3n) is 3.39. The van der Waals surface area contributed by atoms with Crippen LogP contribution in [0, 0.1) is 12.8 Å². The lowest BCUT2D eigenvalue weighted by molar-refractivity contribution is -0.120. The molecule has 0 aliphatic heterocycles. The van der Waals surface area contributed by atoms with Gasteiger partial charge in [0.2, 0.25) is 11.0 Å². The Kier molecular flexibility index (Phi) is 4.84. The Balaban J connectivity index is 2.14. The maximum atomic E-state index is 12.0. The predicted molar refractivity (Wildman–Crippen MR) is 82.8 cm³/mol. The first-order valence-corrected chi connectivity index (χ1v) is 7.67. The number of hydrogen-bond donors (Lipinski definition) is 1. The summed E-state index contributed by atoms with van der Waals surface area (Å²) in [5.74, 6) is 0.0725. The number of carbonyl (C=O) groups excluding carboxylic acids is 1. The van der Waals surface area contributed by atoms with Crippen molar-refractivity contribution in [2.24, 2.45) is 5.92 Å². The molecule has 1 amide bonds. The van der Waals surface area contributed by atoms with Crippen LogP contribution in [0.1, 0.15) is 32.3 Å². The average molecular weight is 289 g/mol. The highest BCUT2D eigenvalue weighted by Gasteiger charge is 2.16. The normalized spacial score (nSPS) is 10.8. The van der Waals surface area contributed by atoms with E-state index in [4.69, 9.17) is 0 Å². The van der Waals surface area contributed by atoms with Gasteiger partial charge in [0.1, 0.15) is 5.01 Å². The summed E-state index contributed by atoms with van der Waals surface area (Å²) in [7, 11) is 0. The van der Waals surface area contributed by atoms with Gasteiger partial charge in [-0.1, -0.05) is 49.4 Å². The number of hydrogen-bond acceptors (Lipinski definition) is 4. The van der Waals surface area contributed by atoms with Crippen molar-refractivity contribution in [3.8, 4) is 10.6 Å². The highest BCUT2D eigenvalue weighted by Crippen LogP contribution is 2.29. The van der Waals surface area contributed by atoms with Crippen molar-refractivity contribution >= 4 is 22.4 Å². The Labute approximate surface area is 123 Å². The number of aromatic nitrogens is 2. The second-order valence-electron chi connectivity index (χ2n) is 4.73. The highest BCUT2D eigenvalue weighted by molar-refractivity contribution is 7.18. The highest BCUT2D eigenvalue weighted by atomic mass is 32.1. The second kappa shape index (κ2) is 6.61. The topological polar surface area (TPSA) is 54.9 Å². The van der Waals surface area contributed by atoms with Crippen LogP contribution in [0.4, 0.5) is 5.13 Å². The van der Waals surface area contributed by atoms with E-state index in [-0.39, 0.29) is 11.8 Å². The predicted octanol–water partition coefficient (Wildman–Crippen LogP) is 3.89. The molecule has 20 heavy (non-hydrogen) atoms. The van der Waals surface area contributed by atoms with Gasteiger partial charge in [-0.25, -0.2) is 0 Å². The molecule has 1 heterocycles. The number of amides is 1. The molecule has 0 saturated heterocycles. The molecule has 0 saturated carbocycles. The molecule has 0 aliphatic carbocycles. The van der Waals surface area contributed by atoms with Gasteiger partial charge < -0.3 is 5.32 Å². The molecule has 4 nitrogen and oxygen atoms in total. The fourth-order valence-corrected chi connectivity index (χ4v) is 2.90. The van der Waals surface area contributed by atoms with E-state index in [9.17, 15) is 4.79 Å². The minimum Gasteiger partial charge on any atom is -0.300 e. The zero-order valence-electron chi connectivity index (χ0n) is 12.0. The van der Waals surface area contributed by atoms with Gasteiger partial charge >= 0.3 is 0 Å². The van der Waals surface area contributed by atoms with E-state index in [1.807, 2.05) is 45.0 Å². The molecule has 0 unspecified atom stereocenters. The van der Waals surface area contributed by atoms with Gasteiger partial charge in [-0.3, -0.25) is 4.79 Å². The Bertz CT molecular complexity index is 590. The molecular formula is C15H19N3OS. The molecule has 5 heteroatoms. The van der Waals surface area contributed by atoms with Crippen LogP contribution >= 0.6 is 11.3 Å². The molecule has 1 aromatic heterocycles. The number of aryl methyl sites for hydroxylation is 1. The summed E-state index contributed by atoms with van der Waals surface area (Å²) in [5, 5.41) is 12.5. The van der Waals surface area contributed by atoms with Crippen molar-refractivity contribution < 1.29 is 4.79 Å². The minimum atomic E-state index is 0.0301. The maximum Gasteiger partial charge on any atom is 0.229 e. The molecule has 1 N–H and O–H groups in total. The van der Waals surface area contributed by atoms with Gasteiger partial charge in [0.15, 0.2) is 0 Å². The van der Waals surface area contributed by atoms with Gasteiger partial charge in [-0.2, -0.15) is 0 Å². The van der Waals surface area contributed by atoms with Crippen LogP contribution in [0.5, 0.6) is 0 Å². The SMILES string of the molecule is CCC(CC)C(=O)Nc1nnc(-c2ccccc2C)s1. The Hall–Kier alpha value is -1.75. The van der Waals surface area contributed by atoms with Gasteiger partial charge in [0, 0.05) is 11.5 Å². The monoisotopic (exact) mass is 289 g/mol. The molecule has 106 valence electrons. The fourth-order valence-electron chi connectivity index (χ4n) is 2.06. The van der Waals surface area contributed by atoms with E-state index in [1.165, 1.54) is 11.3 Å². The maximum absolute atomic E-state index is 12.0. The number of benzene rings is 1. The van der Waals surface area contributed by atoms with Crippen LogP contribution < -0.4 is 5.32 Å². The average Bonchev–Trinajstić information content (AvgIpc) is 2.89. The summed E-state index contributed by atoms with van der Waals surface area (Å²) in [6, 6.07) is 8.03. The Morgan fingerprint density at radius 3 is 2.60 bits per heavy atom. The molecule has 0 bridgehead atoms. The molecule has 2 rings (SSSR count). The van der Waals surface area contributed by atoms with Crippen LogP contribution in [0.3, 0.4) is 0 Å². The standard InChI is InChI=1S/C15H19N3OS/c1-4-11(5-2)13(19)16-15-18-17-14(20-15)12-9-7-6-8-10(12)3/h6-9,11H,4-5H2,1-3H3,(H,16,18,19). The summed E-state index contributed by atoms with van der Waals surface area (Å²) < 4.78 is 0. The van der Waals surface area contributed by atoms with Crippen LogP contribution in [0.2, 0.25) is 0 Å². The quantitative estimate of drug-likeness (QED) is 0.908. The molecule has 0 atom stereocenters. The third-order valence-corrected chi connectivity index (χ3v) is 4.26. The Morgan fingerprint density at radius 2 is 1.95 bits per heavy atom. The van der Waals surface area contributed by atoms with Crippen LogP contribution in [0.25, 0.3) is 10.6 Å². The first-order chi connectivity index (χ1) is 9.65. The van der Waals surface area contributed by atoms with Crippen LogP contribution in [-0.4, -0.2) is 16.1 Å². The van der Waals surface area contributed by atoms with Crippen molar-refractivity contribution in [3.05, 3.63) is 29.8 Å². The van der Waals surface area contributed by atoms with E-state index in [1.54, 1.807) is 0 Å². The lowest BCUT2D eigenvalue weighted by Crippen LogP contribution is -2.21. The van der Waals surface area contributed by atoms with E-state index in [0.29, 0.717) is 5.13 Å². The Morgan fingerprint density at radius 1 is 1.25 bits per heavy atom. The number of anilines is 1. The van der Waals surface area contributed by atoms with E-state index >= 15 is 0 Å². The molecule has 0 fully saturated rings. The van der Waals surface area contributed by atoms with Gasteiger partial charge in [0.25, 0.3) is 0 Å². The first-order valence-electron chi connectivity index (χ1n) is 6.86. The van der Waals surface area contributed by atoms with Crippen molar-refractivity contribution in [2.75, 3.05) is 5.32 Å². The third kappa shape index (κ3) is 3.22. The van der Waals surface area contributed by atoms with Crippen LogP contribution in [0.15, 0.2) is 24.3 Å². The zero-order chi connectivity index (χ0) is 14.5. The van der Waals surface area contributed by atoms with E-state index in [0.717, 1.165) is 29.0 Å². The number of nitrogens with zero attached hydrogens (tertiary/aromatic N) is 2. The van der Waals surface area contributed by atoms with E-state index in [2.05, 4.69) is 15.5 Å². The second-order valence-corrected chi connectivity index (χ2v) is 5.71. The molecular weight excluding hydrogens is 270 g/mol. The number of carbonyl (C=O) groups is 1. The largest absolute Gasteiger partial charge is 0.300 e. The molecule has 0 radical (unpaired) electrons. The van der Waals surface area contributed by atoms with Crippen LogP contribution in [-0.2, 0) is 4.79 Å². The molecule has 0 aliphatic rings. The lowest BCUT2D eigenvalue weighted by Gasteiger charge is -2.10. The fraction of sp³-hybridized carbons (Fsp3) is 0.400.